The number of aryl methyl sites for hydroxylation is 2. The molecule has 1 heterocycles. The van der Waals surface area contributed by atoms with E-state index in [2.05, 4.69) is 22.3 Å². The number of methoxy groups -OCH3 is 1. The molecule has 0 spiro atoms. The van der Waals surface area contributed by atoms with Crippen LogP contribution in [-0.2, 0) is 16.0 Å². The molecule has 0 saturated carbocycles. The van der Waals surface area contributed by atoms with Gasteiger partial charge in [-0.3, -0.25) is 4.79 Å². The number of carbonyl (C=O) groups excluding carboxylic acids is 2. The molecule has 0 aromatic heterocycles. The predicted molar refractivity (Wildman–Crippen MR) is 98.1 cm³/mol. The Labute approximate surface area is 147 Å². The van der Waals surface area contributed by atoms with E-state index in [-0.39, 0.29) is 5.91 Å². The van der Waals surface area contributed by atoms with E-state index in [1.807, 2.05) is 19.1 Å². The van der Waals surface area contributed by atoms with Crippen molar-refractivity contribution in [2.24, 2.45) is 0 Å². The highest BCUT2D eigenvalue weighted by molar-refractivity contribution is 5.97. The predicted octanol–water partition coefficient (Wildman–Crippen LogP) is 3.17. The number of rotatable bonds is 4. The Kier molecular flexibility index (Phi) is 5.03. The van der Waals surface area contributed by atoms with Crippen molar-refractivity contribution in [3.8, 4) is 0 Å². The zero-order valence-electron chi connectivity index (χ0n) is 14.5. The van der Waals surface area contributed by atoms with Crippen LogP contribution in [0.15, 0.2) is 42.5 Å². The van der Waals surface area contributed by atoms with Crippen molar-refractivity contribution in [1.82, 2.24) is 0 Å². The second-order valence-corrected chi connectivity index (χ2v) is 6.22. The SMILES string of the molecule is COC(=O)c1ccc(C)c(NC(=O)CN2CCCc3ccccc32)c1. The molecule has 0 unspecified atom stereocenters. The second-order valence-electron chi connectivity index (χ2n) is 6.22. The Balaban J connectivity index is 1.73. The summed E-state index contributed by atoms with van der Waals surface area (Å²) in [5.41, 5.74) is 4.37. The molecule has 2 aromatic carbocycles. The molecule has 1 aliphatic heterocycles. The number of para-hydroxylation sites is 1. The first kappa shape index (κ1) is 17.0. The van der Waals surface area contributed by atoms with E-state index in [1.165, 1.54) is 12.7 Å². The lowest BCUT2D eigenvalue weighted by Crippen LogP contribution is -2.36. The summed E-state index contributed by atoms with van der Waals surface area (Å²) in [5, 5.41) is 2.92. The minimum Gasteiger partial charge on any atom is -0.465 e. The Morgan fingerprint density at radius 3 is 2.80 bits per heavy atom. The van der Waals surface area contributed by atoms with Crippen LogP contribution in [0.25, 0.3) is 0 Å². The lowest BCUT2D eigenvalue weighted by atomic mass is 10.0. The van der Waals surface area contributed by atoms with Crippen molar-refractivity contribution in [2.75, 3.05) is 30.4 Å². The largest absolute Gasteiger partial charge is 0.465 e. The summed E-state index contributed by atoms with van der Waals surface area (Å²) < 4.78 is 4.74. The third-order valence-corrected chi connectivity index (χ3v) is 4.47. The van der Waals surface area contributed by atoms with E-state index in [0.717, 1.165) is 30.6 Å². The van der Waals surface area contributed by atoms with Gasteiger partial charge >= 0.3 is 5.97 Å². The molecule has 3 rings (SSSR count). The van der Waals surface area contributed by atoms with E-state index >= 15 is 0 Å². The van der Waals surface area contributed by atoms with Crippen molar-refractivity contribution in [3.05, 3.63) is 59.2 Å². The van der Waals surface area contributed by atoms with Gasteiger partial charge in [0.2, 0.25) is 5.91 Å². The van der Waals surface area contributed by atoms with E-state index in [0.29, 0.717) is 17.8 Å². The summed E-state index contributed by atoms with van der Waals surface area (Å²) in [7, 11) is 1.34. The van der Waals surface area contributed by atoms with E-state index in [4.69, 9.17) is 4.74 Å². The van der Waals surface area contributed by atoms with Crippen LogP contribution in [0.4, 0.5) is 11.4 Å². The average Bonchev–Trinajstić information content (AvgIpc) is 2.63. The van der Waals surface area contributed by atoms with E-state index in [1.54, 1.807) is 18.2 Å². The fourth-order valence-electron chi connectivity index (χ4n) is 3.14. The molecular weight excluding hydrogens is 316 g/mol. The van der Waals surface area contributed by atoms with Gasteiger partial charge < -0.3 is 15.0 Å². The summed E-state index contributed by atoms with van der Waals surface area (Å²) in [5.74, 6) is -0.512. The van der Waals surface area contributed by atoms with E-state index in [9.17, 15) is 9.59 Å². The second kappa shape index (κ2) is 7.38. The highest BCUT2D eigenvalue weighted by Crippen LogP contribution is 2.26. The van der Waals surface area contributed by atoms with Crippen molar-refractivity contribution in [1.29, 1.82) is 0 Å². The number of hydrogen-bond donors (Lipinski definition) is 1. The van der Waals surface area contributed by atoms with Gasteiger partial charge in [-0.2, -0.15) is 0 Å². The van der Waals surface area contributed by atoms with Crippen LogP contribution in [-0.4, -0.2) is 32.1 Å². The van der Waals surface area contributed by atoms with Gasteiger partial charge in [-0.05, 0) is 49.1 Å². The van der Waals surface area contributed by atoms with Crippen LogP contribution in [0.3, 0.4) is 0 Å². The number of nitrogens with one attached hydrogen (secondary N) is 1. The maximum atomic E-state index is 12.5. The minimum atomic E-state index is -0.416. The molecule has 25 heavy (non-hydrogen) atoms. The molecule has 1 amide bonds. The molecule has 0 saturated heterocycles. The fraction of sp³-hybridized carbons (Fsp3) is 0.300. The highest BCUT2D eigenvalue weighted by atomic mass is 16.5. The zero-order valence-corrected chi connectivity index (χ0v) is 14.5. The van der Waals surface area contributed by atoms with Crippen molar-refractivity contribution in [2.45, 2.75) is 19.8 Å². The minimum absolute atomic E-state index is 0.0955. The fourth-order valence-corrected chi connectivity index (χ4v) is 3.14. The molecule has 1 aliphatic rings. The Morgan fingerprint density at radius 2 is 2.00 bits per heavy atom. The Bertz CT molecular complexity index is 801. The molecule has 0 fully saturated rings. The van der Waals surface area contributed by atoms with Crippen LogP contribution in [0.2, 0.25) is 0 Å². The van der Waals surface area contributed by atoms with Gasteiger partial charge in [0.25, 0.3) is 0 Å². The third-order valence-electron chi connectivity index (χ3n) is 4.47. The monoisotopic (exact) mass is 338 g/mol. The number of fused-ring (bicyclic) bond motifs is 1. The highest BCUT2D eigenvalue weighted by Gasteiger charge is 2.19. The number of ether oxygens (including phenoxy) is 1. The molecule has 0 atom stereocenters. The summed E-state index contributed by atoms with van der Waals surface area (Å²) in [6.45, 7) is 3.05. The normalized spacial score (nSPS) is 13.1. The quantitative estimate of drug-likeness (QED) is 0.870. The van der Waals surface area contributed by atoms with Crippen LogP contribution in [0.5, 0.6) is 0 Å². The van der Waals surface area contributed by atoms with E-state index < -0.39 is 5.97 Å². The maximum absolute atomic E-state index is 12.5. The zero-order chi connectivity index (χ0) is 17.8. The van der Waals surface area contributed by atoms with Gasteiger partial charge in [-0.15, -0.1) is 0 Å². The molecule has 1 N–H and O–H groups in total. The average molecular weight is 338 g/mol. The molecule has 5 heteroatoms. The maximum Gasteiger partial charge on any atom is 0.337 e. The molecule has 0 radical (unpaired) electrons. The number of esters is 1. The molecule has 5 nitrogen and oxygen atoms in total. The number of anilines is 2. The molecule has 2 aromatic rings. The standard InChI is InChI=1S/C20H22N2O3/c1-14-9-10-16(20(24)25-2)12-17(14)21-19(23)13-22-11-5-7-15-6-3-4-8-18(15)22/h3-4,6,8-10,12H,5,7,11,13H2,1-2H3,(H,21,23). The van der Waals surface area contributed by atoms with Crippen LogP contribution in [0.1, 0.15) is 27.9 Å². The van der Waals surface area contributed by atoms with Gasteiger partial charge in [0.1, 0.15) is 0 Å². The number of amides is 1. The topological polar surface area (TPSA) is 58.6 Å². The first-order valence-corrected chi connectivity index (χ1v) is 8.40. The first-order chi connectivity index (χ1) is 12.1. The lowest BCUT2D eigenvalue weighted by Gasteiger charge is -2.30. The number of benzene rings is 2. The Hall–Kier alpha value is -2.82. The number of nitrogens with zero attached hydrogens (tertiary/aromatic N) is 1. The van der Waals surface area contributed by atoms with Crippen LogP contribution < -0.4 is 10.2 Å². The van der Waals surface area contributed by atoms with Gasteiger partial charge in [-0.25, -0.2) is 4.79 Å². The first-order valence-electron chi connectivity index (χ1n) is 8.40. The van der Waals surface area contributed by atoms with Crippen LogP contribution in [0, 0.1) is 6.92 Å². The molecule has 0 aliphatic carbocycles. The summed E-state index contributed by atoms with van der Waals surface area (Å²) >= 11 is 0. The van der Waals surface area contributed by atoms with Crippen LogP contribution >= 0.6 is 0 Å². The van der Waals surface area contributed by atoms with Crippen molar-refractivity contribution in [3.63, 3.8) is 0 Å². The Morgan fingerprint density at radius 1 is 1.20 bits per heavy atom. The molecule has 130 valence electrons. The summed E-state index contributed by atoms with van der Waals surface area (Å²) in [6, 6.07) is 13.4. The van der Waals surface area contributed by atoms with Gasteiger partial charge in [-0.1, -0.05) is 24.3 Å². The number of carbonyl (C=O) groups is 2. The smallest absolute Gasteiger partial charge is 0.337 e. The summed E-state index contributed by atoms with van der Waals surface area (Å²) in [6.07, 6.45) is 2.09. The molecule has 0 bridgehead atoms. The lowest BCUT2D eigenvalue weighted by molar-refractivity contribution is -0.115. The molecular formula is C20H22N2O3. The third kappa shape index (κ3) is 3.82. The van der Waals surface area contributed by atoms with Gasteiger partial charge in [0.05, 0.1) is 19.2 Å². The van der Waals surface area contributed by atoms with Gasteiger partial charge in [0, 0.05) is 17.9 Å². The number of hydrogen-bond acceptors (Lipinski definition) is 4. The van der Waals surface area contributed by atoms with Crippen molar-refractivity contribution >= 4 is 23.3 Å². The van der Waals surface area contributed by atoms with Gasteiger partial charge in [0.15, 0.2) is 0 Å². The van der Waals surface area contributed by atoms with Crippen molar-refractivity contribution < 1.29 is 14.3 Å². The summed E-state index contributed by atoms with van der Waals surface area (Å²) in [4.78, 5) is 26.3.